The van der Waals surface area contributed by atoms with Crippen molar-refractivity contribution in [2.75, 3.05) is 4.43 Å². The molecule has 0 spiro atoms. The first-order valence-electron chi connectivity index (χ1n) is 1.47. The third kappa shape index (κ3) is 10.8. The van der Waals surface area contributed by atoms with Crippen LogP contribution in [0, 0.1) is 0 Å². The molecule has 0 aromatic heterocycles. The van der Waals surface area contributed by atoms with Crippen LogP contribution < -0.4 is 0 Å². The fourth-order valence-corrected chi connectivity index (χ4v) is 0. The highest BCUT2D eigenvalue weighted by Gasteiger charge is 1.58. The average Bonchev–Trinajstić information content (AvgIpc) is 1.37. The topological polar surface area (TPSA) is 0 Å². The van der Waals surface area contributed by atoms with Crippen molar-refractivity contribution in [3.63, 3.8) is 0 Å². The van der Waals surface area contributed by atoms with E-state index in [1.165, 1.54) is 10.8 Å². The second-order valence-electron chi connectivity index (χ2n) is 0.689. The Bertz CT molecular complexity index is 8.85. The van der Waals surface area contributed by atoms with E-state index < -0.39 is 0 Å². The smallest absolute Gasteiger partial charge is 0.0864 e. The Hall–Kier alpha value is 1.50. The van der Waals surface area contributed by atoms with Crippen LogP contribution in [0.1, 0.15) is 13.3 Å². The van der Waals surface area contributed by atoms with Gasteiger partial charge in [-0.2, -0.15) is 0 Å². The van der Waals surface area contributed by atoms with E-state index in [0.717, 1.165) is 0 Å². The Morgan fingerprint density at radius 1 is 1.60 bits per heavy atom. The highest BCUT2D eigenvalue weighted by atomic mass is 127. The average molecular weight is 196 g/mol. The van der Waals surface area contributed by atoms with Crippen molar-refractivity contribution >= 4 is 45.6 Å². The zero-order chi connectivity index (χ0) is 3.41. The summed E-state index contributed by atoms with van der Waals surface area (Å²) >= 11 is 2.35. The maximum Gasteiger partial charge on any atom is 0.316 e. The van der Waals surface area contributed by atoms with Crippen LogP contribution in [0.25, 0.3) is 0 Å². The molecule has 0 nitrogen and oxygen atoms in total. The largest absolute Gasteiger partial charge is 0.316 e. The van der Waals surface area contributed by atoms with Crippen LogP contribution in [0.3, 0.4) is 0 Å². The molecule has 0 atom stereocenters. The second-order valence-corrected chi connectivity index (χ2v) is 1.77. The third-order valence-electron chi connectivity index (χ3n) is 0.189. The normalized spacial score (nSPS) is 6.00. The van der Waals surface area contributed by atoms with Crippen molar-refractivity contribution in [1.29, 1.82) is 0 Å². The van der Waals surface area contributed by atoms with E-state index >= 15 is 0 Å². The van der Waals surface area contributed by atoms with Crippen molar-refractivity contribution in [2.45, 2.75) is 13.3 Å². The predicted octanol–water partition coefficient (Wildman–Crippen LogP) is 0.915. The van der Waals surface area contributed by atoms with E-state index in [2.05, 4.69) is 29.5 Å². The molecule has 0 heterocycles. The fraction of sp³-hybridized carbons (Fsp3) is 1.00. The first-order valence-corrected chi connectivity index (χ1v) is 3.00. The Morgan fingerprint density at radius 2 is 1.80 bits per heavy atom. The summed E-state index contributed by atoms with van der Waals surface area (Å²) < 4.78 is 1.29. The van der Waals surface area contributed by atoms with Gasteiger partial charge >= 0.3 is 23.1 Å². The highest BCUT2D eigenvalue weighted by molar-refractivity contribution is 14.1. The molecular formula is C3H9IMg. The van der Waals surface area contributed by atoms with E-state index in [1.807, 2.05) is 0 Å². The molecule has 0 bridgehead atoms. The van der Waals surface area contributed by atoms with Gasteiger partial charge in [-0.3, -0.25) is 0 Å². The summed E-state index contributed by atoms with van der Waals surface area (Å²) in [5.74, 6) is 0. The van der Waals surface area contributed by atoms with Crippen molar-refractivity contribution in [3.8, 4) is 0 Å². The summed E-state index contributed by atoms with van der Waals surface area (Å²) in [5.41, 5.74) is 0. The summed E-state index contributed by atoms with van der Waals surface area (Å²) in [6.45, 7) is 2.17. The first kappa shape index (κ1) is 9.71. The van der Waals surface area contributed by atoms with Crippen molar-refractivity contribution in [3.05, 3.63) is 0 Å². The van der Waals surface area contributed by atoms with Gasteiger partial charge in [0.1, 0.15) is 0 Å². The maximum atomic E-state index is 2.35. The maximum absolute atomic E-state index is 2.35. The summed E-state index contributed by atoms with van der Waals surface area (Å²) in [6, 6.07) is 0. The number of hydrogen-bond acceptors (Lipinski definition) is 0. The molecule has 0 aromatic rings. The minimum absolute atomic E-state index is 0. The van der Waals surface area contributed by atoms with Gasteiger partial charge in [0.15, 0.2) is 0 Å². The second kappa shape index (κ2) is 9.09. The van der Waals surface area contributed by atoms with Gasteiger partial charge in [0, 0.05) is 0 Å². The lowest BCUT2D eigenvalue weighted by Gasteiger charge is -1.66. The molecular weight excluding hydrogens is 187 g/mol. The molecule has 2 heteroatoms. The Balaban J connectivity index is 0. The molecule has 0 N–H and O–H groups in total. The minimum atomic E-state index is 0. The number of halogens is 1. The van der Waals surface area contributed by atoms with E-state index in [9.17, 15) is 0 Å². The molecule has 30 valence electrons. The Labute approximate surface area is 63.0 Å². The van der Waals surface area contributed by atoms with Crippen molar-refractivity contribution in [1.82, 2.24) is 0 Å². The number of hydrogen-bond donors (Lipinski definition) is 0. The SMILES string of the molecule is CCCI.[MgH2]. The van der Waals surface area contributed by atoms with Crippen LogP contribution >= 0.6 is 22.6 Å². The number of rotatable bonds is 1. The quantitative estimate of drug-likeness (QED) is 0.332. The monoisotopic (exact) mass is 196 g/mol. The predicted molar refractivity (Wildman–Crippen MR) is 37.7 cm³/mol. The van der Waals surface area contributed by atoms with Gasteiger partial charge in [-0.15, -0.1) is 0 Å². The minimum Gasteiger partial charge on any atom is -0.0864 e. The van der Waals surface area contributed by atoms with Gasteiger partial charge in [0.05, 0.1) is 0 Å². The van der Waals surface area contributed by atoms with Crippen LogP contribution in [-0.4, -0.2) is 27.5 Å². The van der Waals surface area contributed by atoms with Crippen LogP contribution in [0.4, 0.5) is 0 Å². The molecule has 0 saturated carbocycles. The summed E-state index contributed by atoms with van der Waals surface area (Å²) in [7, 11) is 0. The van der Waals surface area contributed by atoms with Gasteiger partial charge in [0.2, 0.25) is 0 Å². The molecule has 0 unspecified atom stereocenters. The Morgan fingerprint density at radius 3 is 1.80 bits per heavy atom. The van der Waals surface area contributed by atoms with Crippen LogP contribution in [0.5, 0.6) is 0 Å². The molecule has 0 saturated heterocycles. The fourth-order valence-electron chi connectivity index (χ4n) is 0. The van der Waals surface area contributed by atoms with Crippen molar-refractivity contribution < 1.29 is 0 Å². The molecule has 0 aromatic carbocycles. The summed E-state index contributed by atoms with van der Waals surface area (Å²) in [6.07, 6.45) is 1.31. The highest BCUT2D eigenvalue weighted by Crippen LogP contribution is 1.81. The molecule has 0 rings (SSSR count). The van der Waals surface area contributed by atoms with E-state index in [-0.39, 0.29) is 23.1 Å². The standard InChI is InChI=1S/C3H7I.Mg.2H/c1-2-3-4;;;/h2-3H2,1H3;;;. The zero-order valence-corrected chi connectivity index (χ0v) is 4.95. The van der Waals surface area contributed by atoms with Crippen LogP contribution in [0.15, 0.2) is 0 Å². The lowest BCUT2D eigenvalue weighted by Crippen LogP contribution is -1.54. The van der Waals surface area contributed by atoms with Gasteiger partial charge in [-0.05, 0) is 10.8 Å². The van der Waals surface area contributed by atoms with E-state index in [1.54, 1.807) is 0 Å². The van der Waals surface area contributed by atoms with E-state index in [0.29, 0.717) is 0 Å². The molecule has 0 aliphatic rings. The van der Waals surface area contributed by atoms with E-state index in [4.69, 9.17) is 0 Å². The molecule has 0 amide bonds. The first-order chi connectivity index (χ1) is 1.91. The lowest BCUT2D eigenvalue weighted by molar-refractivity contribution is 1.13. The van der Waals surface area contributed by atoms with Crippen molar-refractivity contribution in [2.24, 2.45) is 0 Å². The van der Waals surface area contributed by atoms with Gasteiger partial charge in [-0.1, -0.05) is 29.5 Å². The lowest BCUT2D eigenvalue weighted by atomic mass is 10.6. The molecule has 0 aliphatic carbocycles. The van der Waals surface area contributed by atoms with Gasteiger partial charge in [-0.25, -0.2) is 0 Å². The van der Waals surface area contributed by atoms with Gasteiger partial charge in [0.25, 0.3) is 0 Å². The van der Waals surface area contributed by atoms with Crippen LogP contribution in [-0.2, 0) is 0 Å². The molecule has 0 aliphatic heterocycles. The molecule has 0 radical (unpaired) electrons. The third-order valence-corrected chi connectivity index (χ3v) is 1.27. The van der Waals surface area contributed by atoms with Gasteiger partial charge < -0.3 is 0 Å². The zero-order valence-electron chi connectivity index (χ0n) is 2.79. The summed E-state index contributed by atoms with van der Waals surface area (Å²) in [5, 5.41) is 0. The van der Waals surface area contributed by atoms with Crippen LogP contribution in [0.2, 0.25) is 0 Å². The Kier molecular flexibility index (Phi) is 17.6. The summed E-state index contributed by atoms with van der Waals surface area (Å²) in [4.78, 5) is 0. The molecule has 5 heavy (non-hydrogen) atoms. The molecule has 0 fully saturated rings. The number of alkyl halides is 1.